The van der Waals surface area contributed by atoms with E-state index in [0.29, 0.717) is 5.92 Å². The number of rotatable bonds is 15. The third-order valence-electron chi connectivity index (χ3n) is 6.16. The molecule has 0 fully saturated rings. The van der Waals surface area contributed by atoms with Crippen LogP contribution < -0.4 is 4.74 Å². The zero-order valence-electron chi connectivity index (χ0n) is 21.0. The van der Waals surface area contributed by atoms with Gasteiger partial charge in [-0.05, 0) is 106 Å². The predicted molar refractivity (Wildman–Crippen MR) is 147 cm³/mol. The van der Waals surface area contributed by atoms with Gasteiger partial charge in [-0.25, -0.2) is 4.31 Å². The van der Waals surface area contributed by atoms with Gasteiger partial charge in [0.1, 0.15) is 5.75 Å². The first-order valence-corrected chi connectivity index (χ1v) is 13.3. The molecule has 1 atom stereocenters. The standard InChI is InChI=1S/C30H40N2OS/c1-4-21-32(22-12-15-26-13-7-5-8-14-26)23-20-28(27-16-11-17-29(24-27)33-3)25-31(2)34-30-18-9-6-10-19-30/h5-11,13-14,16-19,24,28H,4,12,15,20-23,25H2,1-3H3. The van der Waals surface area contributed by atoms with Crippen LogP contribution in [-0.2, 0) is 6.42 Å². The molecule has 0 amide bonds. The monoisotopic (exact) mass is 476 g/mol. The summed E-state index contributed by atoms with van der Waals surface area (Å²) in [6.45, 7) is 6.72. The summed E-state index contributed by atoms with van der Waals surface area (Å²) in [6, 6.07) is 30.1. The molecule has 0 aliphatic heterocycles. The van der Waals surface area contributed by atoms with Crippen LogP contribution in [0.3, 0.4) is 0 Å². The minimum Gasteiger partial charge on any atom is -0.497 e. The Labute approximate surface area is 211 Å². The molecule has 3 rings (SSSR count). The SMILES string of the molecule is CCCN(CCCc1ccccc1)CCC(CN(C)Sc1ccccc1)c1cccc(OC)c1. The van der Waals surface area contributed by atoms with E-state index in [4.69, 9.17) is 4.74 Å². The summed E-state index contributed by atoms with van der Waals surface area (Å²) in [5.74, 6) is 1.39. The Morgan fingerprint density at radius 3 is 2.29 bits per heavy atom. The molecule has 0 aliphatic carbocycles. The Balaban J connectivity index is 1.62. The highest BCUT2D eigenvalue weighted by Gasteiger charge is 2.17. The molecular weight excluding hydrogens is 436 g/mol. The van der Waals surface area contributed by atoms with Gasteiger partial charge in [0, 0.05) is 11.4 Å². The maximum Gasteiger partial charge on any atom is 0.119 e. The average molecular weight is 477 g/mol. The lowest BCUT2D eigenvalue weighted by atomic mass is 9.95. The summed E-state index contributed by atoms with van der Waals surface area (Å²) in [4.78, 5) is 3.93. The second kappa shape index (κ2) is 14.9. The number of methoxy groups -OCH3 is 1. The lowest BCUT2D eigenvalue weighted by Crippen LogP contribution is -2.30. The van der Waals surface area contributed by atoms with Crippen molar-refractivity contribution in [3.63, 3.8) is 0 Å². The summed E-state index contributed by atoms with van der Waals surface area (Å²) in [5.41, 5.74) is 2.80. The smallest absolute Gasteiger partial charge is 0.119 e. The van der Waals surface area contributed by atoms with Gasteiger partial charge in [0.15, 0.2) is 0 Å². The van der Waals surface area contributed by atoms with Crippen molar-refractivity contribution in [2.75, 3.05) is 40.3 Å². The summed E-state index contributed by atoms with van der Waals surface area (Å²) in [6.07, 6.45) is 4.69. The first kappa shape index (κ1) is 26.3. The number of nitrogens with zero attached hydrogens (tertiary/aromatic N) is 2. The lowest BCUT2D eigenvalue weighted by Gasteiger charge is -2.28. The van der Waals surface area contributed by atoms with E-state index in [0.717, 1.165) is 44.8 Å². The van der Waals surface area contributed by atoms with Crippen molar-refractivity contribution in [3.8, 4) is 5.75 Å². The molecule has 3 aromatic rings. The van der Waals surface area contributed by atoms with Gasteiger partial charge in [-0.3, -0.25) is 0 Å². The van der Waals surface area contributed by atoms with E-state index in [-0.39, 0.29) is 0 Å². The van der Waals surface area contributed by atoms with Crippen molar-refractivity contribution in [1.82, 2.24) is 9.21 Å². The summed E-state index contributed by atoms with van der Waals surface area (Å²) in [5, 5.41) is 0. The molecule has 0 aliphatic rings. The Hall–Kier alpha value is -2.27. The van der Waals surface area contributed by atoms with Crippen molar-refractivity contribution < 1.29 is 4.74 Å². The van der Waals surface area contributed by atoms with E-state index in [1.165, 1.54) is 28.9 Å². The molecule has 0 saturated carbocycles. The summed E-state index contributed by atoms with van der Waals surface area (Å²) >= 11 is 1.82. The maximum atomic E-state index is 5.54. The zero-order chi connectivity index (χ0) is 24.0. The molecule has 0 bridgehead atoms. The van der Waals surface area contributed by atoms with E-state index in [9.17, 15) is 0 Å². The van der Waals surface area contributed by atoms with E-state index in [1.807, 2.05) is 18.0 Å². The van der Waals surface area contributed by atoms with Gasteiger partial charge in [-0.15, -0.1) is 0 Å². The average Bonchev–Trinajstić information content (AvgIpc) is 2.87. The van der Waals surface area contributed by atoms with Gasteiger partial charge in [-0.1, -0.05) is 67.6 Å². The van der Waals surface area contributed by atoms with Crippen LogP contribution in [0.15, 0.2) is 89.8 Å². The Bertz CT molecular complexity index is 935. The number of hydrogen-bond acceptors (Lipinski definition) is 4. The van der Waals surface area contributed by atoms with E-state index in [1.54, 1.807) is 7.11 Å². The predicted octanol–water partition coefficient (Wildman–Crippen LogP) is 7.15. The van der Waals surface area contributed by atoms with E-state index in [2.05, 4.69) is 102 Å². The van der Waals surface area contributed by atoms with Crippen LogP contribution in [0.4, 0.5) is 0 Å². The summed E-state index contributed by atoms with van der Waals surface area (Å²) in [7, 11) is 3.95. The number of ether oxygens (including phenoxy) is 1. The second-order valence-electron chi connectivity index (χ2n) is 8.91. The van der Waals surface area contributed by atoms with Crippen LogP contribution in [0, 0.1) is 0 Å². The Kier molecular flexibility index (Phi) is 11.5. The molecule has 0 aromatic heterocycles. The Morgan fingerprint density at radius 2 is 1.59 bits per heavy atom. The molecule has 0 spiro atoms. The van der Waals surface area contributed by atoms with Crippen LogP contribution in [0.25, 0.3) is 0 Å². The molecule has 182 valence electrons. The van der Waals surface area contributed by atoms with Crippen LogP contribution in [-0.4, -0.2) is 49.5 Å². The number of hydrogen-bond donors (Lipinski definition) is 0. The number of benzene rings is 3. The largest absolute Gasteiger partial charge is 0.497 e. The fourth-order valence-electron chi connectivity index (χ4n) is 4.41. The molecule has 0 radical (unpaired) electrons. The van der Waals surface area contributed by atoms with Crippen LogP contribution in [0.2, 0.25) is 0 Å². The molecule has 4 heteroatoms. The quantitative estimate of drug-likeness (QED) is 0.216. The van der Waals surface area contributed by atoms with Crippen LogP contribution >= 0.6 is 11.9 Å². The van der Waals surface area contributed by atoms with Crippen LogP contribution in [0.1, 0.15) is 43.2 Å². The van der Waals surface area contributed by atoms with Crippen molar-refractivity contribution in [3.05, 3.63) is 96.1 Å². The molecule has 0 saturated heterocycles. The third kappa shape index (κ3) is 9.17. The molecular formula is C30H40N2OS. The molecule has 3 nitrogen and oxygen atoms in total. The molecule has 3 aromatic carbocycles. The molecule has 1 unspecified atom stereocenters. The molecule has 0 N–H and O–H groups in total. The zero-order valence-corrected chi connectivity index (χ0v) is 21.8. The van der Waals surface area contributed by atoms with E-state index < -0.39 is 0 Å². The fourth-order valence-corrected chi connectivity index (χ4v) is 5.30. The van der Waals surface area contributed by atoms with Gasteiger partial charge in [0.2, 0.25) is 0 Å². The second-order valence-corrected chi connectivity index (χ2v) is 10.2. The number of aryl methyl sites for hydroxylation is 1. The third-order valence-corrected chi connectivity index (χ3v) is 7.11. The van der Waals surface area contributed by atoms with Gasteiger partial charge in [-0.2, -0.15) is 0 Å². The first-order chi connectivity index (χ1) is 16.7. The van der Waals surface area contributed by atoms with Crippen molar-refractivity contribution in [1.29, 1.82) is 0 Å². The van der Waals surface area contributed by atoms with Crippen LogP contribution in [0.5, 0.6) is 5.75 Å². The highest BCUT2D eigenvalue weighted by molar-refractivity contribution is 7.97. The minimum atomic E-state index is 0.449. The fraction of sp³-hybridized carbons (Fsp3) is 0.400. The van der Waals surface area contributed by atoms with Crippen molar-refractivity contribution >= 4 is 11.9 Å². The maximum absolute atomic E-state index is 5.54. The topological polar surface area (TPSA) is 15.7 Å². The molecule has 0 heterocycles. The molecule has 34 heavy (non-hydrogen) atoms. The van der Waals surface area contributed by atoms with E-state index >= 15 is 0 Å². The normalized spacial score (nSPS) is 12.3. The van der Waals surface area contributed by atoms with Crippen molar-refractivity contribution in [2.45, 2.75) is 43.4 Å². The highest BCUT2D eigenvalue weighted by Crippen LogP contribution is 2.29. The minimum absolute atomic E-state index is 0.449. The highest BCUT2D eigenvalue weighted by atomic mass is 32.2. The van der Waals surface area contributed by atoms with Gasteiger partial charge < -0.3 is 9.64 Å². The van der Waals surface area contributed by atoms with Gasteiger partial charge >= 0.3 is 0 Å². The van der Waals surface area contributed by atoms with Gasteiger partial charge in [0.05, 0.1) is 7.11 Å². The van der Waals surface area contributed by atoms with Gasteiger partial charge in [0.25, 0.3) is 0 Å². The van der Waals surface area contributed by atoms with Crippen molar-refractivity contribution in [2.24, 2.45) is 0 Å². The first-order valence-electron chi connectivity index (χ1n) is 12.5. The Morgan fingerprint density at radius 1 is 0.853 bits per heavy atom. The number of likely N-dealkylation sites (N-methyl/N-ethyl adjacent to an activating group) is 1. The summed E-state index contributed by atoms with van der Waals surface area (Å²) < 4.78 is 7.91. The lowest BCUT2D eigenvalue weighted by molar-refractivity contribution is 0.256.